The third-order valence-electron chi connectivity index (χ3n) is 3.72. The van der Waals surface area contributed by atoms with Crippen LogP contribution >= 0.6 is 0 Å². The molecule has 2 rings (SSSR count). The molecule has 3 N–H and O–H groups in total. The number of benzene rings is 1. The third kappa shape index (κ3) is 4.14. The fourth-order valence-electron chi connectivity index (χ4n) is 2.59. The van der Waals surface area contributed by atoms with Gasteiger partial charge in [0.1, 0.15) is 0 Å². The minimum atomic E-state index is -1.07. The smallest absolute Gasteiger partial charge is 0.253 e. The summed E-state index contributed by atoms with van der Waals surface area (Å²) in [6.07, 6.45) is 2.45. The van der Waals surface area contributed by atoms with E-state index in [-0.39, 0.29) is 11.3 Å². The summed E-state index contributed by atoms with van der Waals surface area (Å²) in [5.74, 6) is -2.30. The van der Waals surface area contributed by atoms with E-state index in [1.807, 2.05) is 6.92 Å². The molecule has 0 aliphatic carbocycles. The molecule has 0 spiro atoms. The second-order valence-electron chi connectivity index (χ2n) is 5.68. The van der Waals surface area contributed by atoms with Crippen LogP contribution in [0.3, 0.4) is 0 Å². The van der Waals surface area contributed by atoms with E-state index in [9.17, 15) is 13.6 Å². The number of halogens is 2. The fraction of sp³-hybridized carbons (Fsp3) is 0.533. The minimum Gasteiger partial charge on any atom is -0.398 e. The molecule has 1 atom stereocenters. The van der Waals surface area contributed by atoms with Crippen molar-refractivity contribution in [1.29, 1.82) is 0 Å². The summed E-state index contributed by atoms with van der Waals surface area (Å²) >= 11 is 0. The molecule has 21 heavy (non-hydrogen) atoms. The van der Waals surface area contributed by atoms with Crippen molar-refractivity contribution in [3.8, 4) is 0 Å². The predicted octanol–water partition coefficient (Wildman–Crippen LogP) is 2.01. The van der Waals surface area contributed by atoms with E-state index >= 15 is 0 Å². The van der Waals surface area contributed by atoms with Crippen LogP contribution in [0, 0.1) is 17.6 Å². The molecule has 1 aliphatic rings. The monoisotopic (exact) mass is 297 g/mol. The summed E-state index contributed by atoms with van der Waals surface area (Å²) in [5.41, 5.74) is 5.47. The Balaban J connectivity index is 1.87. The number of nitrogens with two attached hydrogens (primary N) is 1. The maximum absolute atomic E-state index is 13.2. The first-order valence-electron chi connectivity index (χ1n) is 7.22. The number of carbonyl (C=O) groups is 1. The van der Waals surface area contributed by atoms with Crippen molar-refractivity contribution in [3.63, 3.8) is 0 Å². The van der Waals surface area contributed by atoms with Crippen LogP contribution in [0.15, 0.2) is 12.1 Å². The molecule has 0 saturated carbocycles. The summed E-state index contributed by atoms with van der Waals surface area (Å²) in [6.45, 7) is 5.66. The number of anilines is 1. The molecule has 1 amide bonds. The normalized spacial score (nSPS) is 16.9. The standard InChI is InChI=1S/C15H21F2N3O/c1-10(9-20-4-2-3-5-20)8-19-15(21)11-6-12(16)13(17)7-14(11)18/h6-7,10H,2-5,8-9,18H2,1H3,(H,19,21). The lowest BCUT2D eigenvalue weighted by molar-refractivity contribution is 0.0945. The molecule has 0 radical (unpaired) electrons. The highest BCUT2D eigenvalue weighted by molar-refractivity contribution is 5.99. The van der Waals surface area contributed by atoms with Gasteiger partial charge in [-0.15, -0.1) is 0 Å². The Bertz CT molecular complexity index is 516. The molecular weight excluding hydrogens is 276 g/mol. The zero-order valence-electron chi connectivity index (χ0n) is 12.2. The van der Waals surface area contributed by atoms with Crippen molar-refractivity contribution < 1.29 is 13.6 Å². The Morgan fingerprint density at radius 1 is 1.33 bits per heavy atom. The van der Waals surface area contributed by atoms with Gasteiger partial charge >= 0.3 is 0 Å². The molecule has 1 unspecified atom stereocenters. The SMILES string of the molecule is CC(CNC(=O)c1cc(F)c(F)cc1N)CN1CCCC1. The van der Waals surface area contributed by atoms with Gasteiger partial charge in [-0.3, -0.25) is 4.79 Å². The van der Waals surface area contributed by atoms with Crippen molar-refractivity contribution in [1.82, 2.24) is 10.2 Å². The number of hydrogen-bond donors (Lipinski definition) is 2. The highest BCUT2D eigenvalue weighted by Crippen LogP contribution is 2.17. The molecule has 4 nitrogen and oxygen atoms in total. The fourth-order valence-corrected chi connectivity index (χ4v) is 2.59. The van der Waals surface area contributed by atoms with Crippen LogP contribution in [-0.2, 0) is 0 Å². The molecule has 6 heteroatoms. The van der Waals surface area contributed by atoms with E-state index in [1.54, 1.807) is 0 Å². The van der Waals surface area contributed by atoms with Crippen molar-refractivity contribution in [2.45, 2.75) is 19.8 Å². The quantitative estimate of drug-likeness (QED) is 0.817. The van der Waals surface area contributed by atoms with Crippen LogP contribution in [0.1, 0.15) is 30.1 Å². The zero-order valence-corrected chi connectivity index (χ0v) is 12.2. The number of rotatable bonds is 5. The zero-order chi connectivity index (χ0) is 15.4. The molecule has 1 heterocycles. The second-order valence-corrected chi connectivity index (χ2v) is 5.68. The molecule has 116 valence electrons. The Morgan fingerprint density at radius 3 is 2.62 bits per heavy atom. The molecule has 1 aromatic rings. The molecular formula is C15H21F2N3O. The maximum Gasteiger partial charge on any atom is 0.253 e. The van der Waals surface area contributed by atoms with Gasteiger partial charge in [-0.1, -0.05) is 6.92 Å². The van der Waals surface area contributed by atoms with Gasteiger partial charge in [-0.2, -0.15) is 0 Å². The van der Waals surface area contributed by atoms with Crippen LogP contribution in [0.2, 0.25) is 0 Å². The molecule has 1 aliphatic heterocycles. The first-order chi connectivity index (χ1) is 9.97. The second kappa shape index (κ2) is 6.85. The molecule has 1 saturated heterocycles. The van der Waals surface area contributed by atoms with E-state index in [1.165, 1.54) is 12.8 Å². The van der Waals surface area contributed by atoms with Crippen molar-refractivity contribution in [3.05, 3.63) is 29.3 Å². The van der Waals surface area contributed by atoms with E-state index < -0.39 is 17.5 Å². The van der Waals surface area contributed by atoms with Gasteiger partial charge in [0.15, 0.2) is 11.6 Å². The van der Waals surface area contributed by atoms with Crippen molar-refractivity contribution >= 4 is 11.6 Å². The summed E-state index contributed by atoms with van der Waals surface area (Å²) in [5, 5.41) is 2.73. The van der Waals surface area contributed by atoms with Crippen molar-refractivity contribution in [2.75, 3.05) is 31.9 Å². The number of hydrogen-bond acceptors (Lipinski definition) is 3. The van der Waals surface area contributed by atoms with Crippen LogP contribution in [0.4, 0.5) is 14.5 Å². The van der Waals surface area contributed by atoms with E-state index in [2.05, 4.69) is 10.2 Å². The maximum atomic E-state index is 13.2. The van der Waals surface area contributed by atoms with Gasteiger partial charge in [0.05, 0.1) is 5.56 Å². The number of likely N-dealkylation sites (tertiary alicyclic amines) is 1. The first-order valence-corrected chi connectivity index (χ1v) is 7.22. The van der Waals surface area contributed by atoms with Gasteiger partial charge in [-0.25, -0.2) is 8.78 Å². The lowest BCUT2D eigenvalue weighted by Gasteiger charge is -2.20. The Morgan fingerprint density at radius 2 is 1.95 bits per heavy atom. The minimum absolute atomic E-state index is 0.0257. The molecule has 0 bridgehead atoms. The van der Waals surface area contributed by atoms with Gasteiger partial charge in [0, 0.05) is 24.8 Å². The summed E-state index contributed by atoms with van der Waals surface area (Å²) in [7, 11) is 0. The highest BCUT2D eigenvalue weighted by Gasteiger charge is 2.17. The van der Waals surface area contributed by atoms with E-state index in [0.29, 0.717) is 12.5 Å². The molecule has 1 fully saturated rings. The summed E-state index contributed by atoms with van der Waals surface area (Å²) in [4.78, 5) is 14.3. The Hall–Kier alpha value is -1.69. The number of nitrogens with one attached hydrogen (secondary N) is 1. The van der Waals surface area contributed by atoms with Gasteiger partial charge in [0.25, 0.3) is 5.91 Å². The van der Waals surface area contributed by atoms with Gasteiger partial charge < -0.3 is 16.0 Å². The third-order valence-corrected chi connectivity index (χ3v) is 3.72. The lowest BCUT2D eigenvalue weighted by Crippen LogP contribution is -2.34. The Kier molecular flexibility index (Phi) is 5.12. The molecule has 1 aromatic carbocycles. The van der Waals surface area contributed by atoms with E-state index in [4.69, 9.17) is 5.73 Å². The number of amides is 1. The lowest BCUT2D eigenvalue weighted by atomic mass is 10.1. The summed E-state index contributed by atoms with van der Waals surface area (Å²) < 4.78 is 26.1. The van der Waals surface area contributed by atoms with Crippen LogP contribution in [0.5, 0.6) is 0 Å². The number of nitrogens with zero attached hydrogens (tertiary/aromatic N) is 1. The molecule has 0 aromatic heterocycles. The number of nitrogen functional groups attached to an aromatic ring is 1. The highest BCUT2D eigenvalue weighted by atomic mass is 19.2. The Labute approximate surface area is 123 Å². The topological polar surface area (TPSA) is 58.4 Å². The van der Waals surface area contributed by atoms with Crippen LogP contribution in [-0.4, -0.2) is 37.0 Å². The largest absolute Gasteiger partial charge is 0.398 e. The van der Waals surface area contributed by atoms with Gasteiger partial charge in [0.2, 0.25) is 0 Å². The van der Waals surface area contributed by atoms with Crippen LogP contribution < -0.4 is 11.1 Å². The van der Waals surface area contributed by atoms with Crippen LogP contribution in [0.25, 0.3) is 0 Å². The van der Waals surface area contributed by atoms with Gasteiger partial charge in [-0.05, 0) is 37.9 Å². The average Bonchev–Trinajstić information content (AvgIpc) is 2.93. The van der Waals surface area contributed by atoms with Crippen molar-refractivity contribution in [2.24, 2.45) is 5.92 Å². The average molecular weight is 297 g/mol. The predicted molar refractivity (Wildman–Crippen MR) is 77.9 cm³/mol. The number of carbonyl (C=O) groups excluding carboxylic acids is 1. The summed E-state index contributed by atoms with van der Waals surface area (Å²) in [6, 6.07) is 1.67. The first kappa shape index (κ1) is 15.7. The van der Waals surface area contributed by atoms with E-state index in [0.717, 1.165) is 31.8 Å².